The Balaban J connectivity index is 2.38. The molecule has 1 aliphatic carbocycles. The highest BCUT2D eigenvalue weighted by Gasteiger charge is 2.47. The molecule has 64 valence electrons. The van der Waals surface area contributed by atoms with E-state index in [9.17, 15) is 4.79 Å². The standard InChI is InChI=1S/C9H10O3/c1-7(10)9-5-3-2-4-8(9)11-6-12-9/h2-5,8H,6H2,1H3. The second-order valence-corrected chi connectivity index (χ2v) is 2.94. The Morgan fingerprint density at radius 3 is 3.08 bits per heavy atom. The molecule has 0 spiro atoms. The molecule has 2 atom stereocenters. The minimum Gasteiger partial charge on any atom is -0.344 e. The van der Waals surface area contributed by atoms with E-state index in [0.717, 1.165) is 0 Å². The average Bonchev–Trinajstić information content (AvgIpc) is 2.48. The van der Waals surface area contributed by atoms with Crippen LogP contribution in [0.4, 0.5) is 0 Å². The van der Waals surface area contributed by atoms with Gasteiger partial charge >= 0.3 is 0 Å². The third kappa shape index (κ3) is 0.869. The van der Waals surface area contributed by atoms with E-state index < -0.39 is 5.60 Å². The number of fused-ring (bicyclic) bond motifs is 1. The monoisotopic (exact) mass is 166 g/mol. The van der Waals surface area contributed by atoms with Crippen molar-refractivity contribution in [3.63, 3.8) is 0 Å². The molecule has 3 heteroatoms. The molecule has 1 aliphatic heterocycles. The zero-order valence-corrected chi connectivity index (χ0v) is 6.82. The first-order valence-electron chi connectivity index (χ1n) is 3.88. The number of hydrogen-bond donors (Lipinski definition) is 0. The maximum atomic E-state index is 11.3. The lowest BCUT2D eigenvalue weighted by atomic mass is 9.89. The number of rotatable bonds is 1. The average molecular weight is 166 g/mol. The van der Waals surface area contributed by atoms with Gasteiger partial charge in [0, 0.05) is 0 Å². The Hall–Kier alpha value is -0.930. The highest BCUT2D eigenvalue weighted by molar-refractivity contribution is 5.89. The fraction of sp³-hybridized carbons (Fsp3) is 0.444. The predicted molar refractivity (Wildman–Crippen MR) is 42.5 cm³/mol. The maximum Gasteiger partial charge on any atom is 0.177 e. The third-order valence-corrected chi connectivity index (χ3v) is 2.26. The van der Waals surface area contributed by atoms with Crippen LogP contribution in [-0.4, -0.2) is 24.3 Å². The van der Waals surface area contributed by atoms with Crippen molar-refractivity contribution >= 4 is 5.78 Å². The second kappa shape index (κ2) is 2.54. The van der Waals surface area contributed by atoms with Crippen molar-refractivity contribution in [3.8, 4) is 0 Å². The zero-order valence-electron chi connectivity index (χ0n) is 6.82. The van der Waals surface area contributed by atoms with Crippen LogP contribution in [0.2, 0.25) is 0 Å². The first-order valence-corrected chi connectivity index (χ1v) is 3.88. The van der Waals surface area contributed by atoms with E-state index in [1.807, 2.05) is 18.2 Å². The Labute approximate surface area is 70.7 Å². The summed E-state index contributed by atoms with van der Waals surface area (Å²) >= 11 is 0. The molecule has 2 rings (SSSR count). The number of ether oxygens (including phenoxy) is 2. The summed E-state index contributed by atoms with van der Waals surface area (Å²) in [5.74, 6) is -0.00870. The van der Waals surface area contributed by atoms with Gasteiger partial charge in [0.05, 0.1) is 0 Å². The maximum absolute atomic E-state index is 11.3. The van der Waals surface area contributed by atoms with E-state index in [1.54, 1.807) is 6.08 Å². The van der Waals surface area contributed by atoms with Crippen LogP contribution >= 0.6 is 0 Å². The van der Waals surface area contributed by atoms with E-state index in [2.05, 4.69) is 0 Å². The summed E-state index contributed by atoms with van der Waals surface area (Å²) in [6.45, 7) is 1.71. The fourth-order valence-corrected chi connectivity index (χ4v) is 1.54. The van der Waals surface area contributed by atoms with Gasteiger partial charge in [0.15, 0.2) is 11.4 Å². The molecule has 0 radical (unpaired) electrons. The van der Waals surface area contributed by atoms with Crippen molar-refractivity contribution in [2.24, 2.45) is 0 Å². The Morgan fingerprint density at radius 1 is 1.58 bits per heavy atom. The highest BCUT2D eigenvalue weighted by Crippen LogP contribution is 2.31. The summed E-state index contributed by atoms with van der Waals surface area (Å²) in [7, 11) is 0. The van der Waals surface area contributed by atoms with Crippen molar-refractivity contribution in [2.45, 2.75) is 18.6 Å². The number of carbonyl (C=O) groups is 1. The van der Waals surface area contributed by atoms with Crippen molar-refractivity contribution in [3.05, 3.63) is 24.3 Å². The van der Waals surface area contributed by atoms with Crippen LogP contribution in [0.1, 0.15) is 6.92 Å². The molecule has 2 unspecified atom stereocenters. The number of hydrogen-bond acceptors (Lipinski definition) is 3. The van der Waals surface area contributed by atoms with Crippen LogP contribution in [0.15, 0.2) is 24.3 Å². The molecule has 1 heterocycles. The lowest BCUT2D eigenvalue weighted by molar-refractivity contribution is -0.132. The van der Waals surface area contributed by atoms with Gasteiger partial charge in [-0.1, -0.05) is 18.2 Å². The molecule has 0 aromatic rings. The molecule has 0 amide bonds. The van der Waals surface area contributed by atoms with Crippen molar-refractivity contribution < 1.29 is 14.3 Å². The fourth-order valence-electron chi connectivity index (χ4n) is 1.54. The van der Waals surface area contributed by atoms with Crippen molar-refractivity contribution in [1.82, 2.24) is 0 Å². The van der Waals surface area contributed by atoms with E-state index >= 15 is 0 Å². The minimum absolute atomic E-state index is 0.00870. The Morgan fingerprint density at radius 2 is 2.42 bits per heavy atom. The van der Waals surface area contributed by atoms with E-state index in [1.165, 1.54) is 6.92 Å². The molecule has 0 N–H and O–H groups in total. The van der Waals surface area contributed by atoms with E-state index in [-0.39, 0.29) is 18.7 Å². The number of carbonyl (C=O) groups excluding carboxylic acids is 1. The molecular weight excluding hydrogens is 156 g/mol. The van der Waals surface area contributed by atoms with Gasteiger partial charge in [-0.15, -0.1) is 0 Å². The summed E-state index contributed by atoms with van der Waals surface area (Å²) in [6, 6.07) is 0. The van der Waals surface area contributed by atoms with Gasteiger partial charge in [-0.3, -0.25) is 4.79 Å². The summed E-state index contributed by atoms with van der Waals surface area (Å²) in [4.78, 5) is 11.3. The topological polar surface area (TPSA) is 35.5 Å². The molecular formula is C9H10O3. The molecule has 1 fully saturated rings. The van der Waals surface area contributed by atoms with Crippen LogP contribution in [0, 0.1) is 0 Å². The molecule has 12 heavy (non-hydrogen) atoms. The summed E-state index contributed by atoms with van der Waals surface area (Å²) < 4.78 is 10.5. The first-order chi connectivity index (χ1) is 5.76. The highest BCUT2D eigenvalue weighted by atomic mass is 16.7. The van der Waals surface area contributed by atoms with Gasteiger partial charge in [-0.2, -0.15) is 0 Å². The molecule has 2 aliphatic rings. The van der Waals surface area contributed by atoms with E-state index in [4.69, 9.17) is 9.47 Å². The van der Waals surface area contributed by atoms with Crippen LogP contribution in [-0.2, 0) is 14.3 Å². The van der Waals surface area contributed by atoms with Crippen LogP contribution < -0.4 is 0 Å². The molecule has 1 saturated heterocycles. The van der Waals surface area contributed by atoms with Gasteiger partial charge in [0.1, 0.15) is 12.9 Å². The zero-order chi connectivity index (χ0) is 8.60. The molecule has 0 aromatic heterocycles. The lowest BCUT2D eigenvalue weighted by Crippen LogP contribution is -2.44. The van der Waals surface area contributed by atoms with Gasteiger partial charge in [0.2, 0.25) is 0 Å². The van der Waals surface area contributed by atoms with Gasteiger partial charge < -0.3 is 9.47 Å². The predicted octanol–water partition coefficient (Wildman–Crippen LogP) is 0.813. The van der Waals surface area contributed by atoms with Crippen LogP contribution in [0.5, 0.6) is 0 Å². The van der Waals surface area contributed by atoms with Crippen molar-refractivity contribution in [1.29, 1.82) is 0 Å². The SMILES string of the molecule is CC(=O)C12C=CC=CC1OCO2. The Kier molecular flexibility index (Phi) is 1.63. The van der Waals surface area contributed by atoms with Crippen molar-refractivity contribution in [2.75, 3.05) is 6.79 Å². The second-order valence-electron chi connectivity index (χ2n) is 2.94. The van der Waals surface area contributed by atoms with E-state index in [0.29, 0.717) is 0 Å². The lowest BCUT2D eigenvalue weighted by Gasteiger charge is -2.26. The summed E-state index contributed by atoms with van der Waals surface area (Å²) in [6.07, 6.45) is 7.04. The molecule has 3 nitrogen and oxygen atoms in total. The smallest absolute Gasteiger partial charge is 0.177 e. The van der Waals surface area contributed by atoms with Gasteiger partial charge in [0.25, 0.3) is 0 Å². The number of ketones is 1. The van der Waals surface area contributed by atoms with Gasteiger partial charge in [-0.25, -0.2) is 0 Å². The van der Waals surface area contributed by atoms with Crippen LogP contribution in [0.25, 0.3) is 0 Å². The molecule has 0 saturated carbocycles. The normalized spacial score (nSPS) is 38.2. The Bertz CT molecular complexity index is 267. The summed E-state index contributed by atoms with van der Waals surface area (Å²) in [5, 5.41) is 0. The number of allylic oxidation sites excluding steroid dienone is 2. The third-order valence-electron chi connectivity index (χ3n) is 2.26. The number of Topliss-reactive ketones (excluding diaryl/α,β-unsaturated/α-hetero) is 1. The molecule has 0 aromatic carbocycles. The van der Waals surface area contributed by atoms with Gasteiger partial charge in [-0.05, 0) is 13.0 Å². The minimum atomic E-state index is -0.839. The largest absolute Gasteiger partial charge is 0.344 e. The van der Waals surface area contributed by atoms with Crippen LogP contribution in [0.3, 0.4) is 0 Å². The quantitative estimate of drug-likeness (QED) is 0.578. The summed E-state index contributed by atoms with van der Waals surface area (Å²) in [5.41, 5.74) is -0.839. The molecule has 0 bridgehead atoms. The first kappa shape index (κ1) is 7.71.